The van der Waals surface area contributed by atoms with Crippen LogP contribution in [0.15, 0.2) is 59.6 Å². The molecule has 32 heavy (non-hydrogen) atoms. The van der Waals surface area contributed by atoms with E-state index in [-0.39, 0.29) is 11.7 Å². The number of amides is 3. The van der Waals surface area contributed by atoms with E-state index in [4.69, 9.17) is 4.99 Å². The zero-order valence-electron chi connectivity index (χ0n) is 17.8. The lowest BCUT2D eigenvalue weighted by Gasteiger charge is -2.41. The largest absolute Gasteiger partial charge is 0.368 e. The molecule has 2 unspecified atom stereocenters. The van der Waals surface area contributed by atoms with E-state index in [1.165, 1.54) is 17.0 Å². The molecule has 2 fully saturated rings. The van der Waals surface area contributed by atoms with Gasteiger partial charge in [0.2, 0.25) is 0 Å². The van der Waals surface area contributed by atoms with E-state index in [0.29, 0.717) is 19.6 Å². The molecule has 0 spiro atoms. The van der Waals surface area contributed by atoms with Crippen molar-refractivity contribution in [3.05, 3.63) is 66.0 Å². The molecule has 0 aromatic heterocycles. The number of benzene rings is 2. The van der Waals surface area contributed by atoms with Crippen LogP contribution in [-0.2, 0) is 11.3 Å². The van der Waals surface area contributed by atoms with Crippen molar-refractivity contribution in [2.45, 2.75) is 18.8 Å². The number of carbonyl (C=O) groups is 2. The maximum absolute atomic E-state index is 13.3. The molecule has 3 amide bonds. The highest BCUT2D eigenvalue weighted by Crippen LogP contribution is 2.28. The summed E-state index contributed by atoms with van der Waals surface area (Å²) in [7, 11) is 1.67. The number of aliphatic imine (C=N–C) groups is 1. The molecule has 2 aromatic rings. The van der Waals surface area contributed by atoms with Crippen LogP contribution in [0.25, 0.3) is 0 Å². The maximum Gasteiger partial charge on any atom is 0.325 e. The highest BCUT2D eigenvalue weighted by atomic mass is 19.1. The number of imide groups is 1. The van der Waals surface area contributed by atoms with Crippen LogP contribution < -0.4 is 10.2 Å². The Balaban J connectivity index is 1.38. The summed E-state index contributed by atoms with van der Waals surface area (Å²) in [6, 6.07) is 15.5. The summed E-state index contributed by atoms with van der Waals surface area (Å²) in [6.07, 6.45) is -0.551. The number of nitrogens with one attached hydrogen (secondary N) is 1. The molecule has 166 valence electrons. The first-order valence-electron chi connectivity index (χ1n) is 10.7. The van der Waals surface area contributed by atoms with Gasteiger partial charge in [-0.15, -0.1) is 0 Å². The highest BCUT2D eigenvalue weighted by molar-refractivity contribution is 6.03. The third kappa shape index (κ3) is 3.63. The van der Waals surface area contributed by atoms with Gasteiger partial charge in [0.05, 0.1) is 0 Å². The van der Waals surface area contributed by atoms with Crippen molar-refractivity contribution in [1.29, 1.82) is 0 Å². The van der Waals surface area contributed by atoms with Crippen LogP contribution in [0.3, 0.4) is 0 Å². The van der Waals surface area contributed by atoms with Gasteiger partial charge in [-0.3, -0.25) is 10.1 Å². The van der Waals surface area contributed by atoms with Gasteiger partial charge in [0.1, 0.15) is 5.82 Å². The number of fused-ring (bicyclic) bond motifs is 1. The first-order valence-corrected chi connectivity index (χ1v) is 10.7. The second kappa shape index (κ2) is 8.14. The van der Waals surface area contributed by atoms with Crippen molar-refractivity contribution in [3.63, 3.8) is 0 Å². The third-order valence-electron chi connectivity index (χ3n) is 6.29. The Hall–Kier alpha value is -3.62. The molecule has 8 nitrogen and oxygen atoms in total. The molecule has 0 aliphatic carbocycles. The smallest absolute Gasteiger partial charge is 0.325 e. The van der Waals surface area contributed by atoms with Crippen molar-refractivity contribution in [3.8, 4) is 0 Å². The first-order chi connectivity index (χ1) is 15.5. The van der Waals surface area contributed by atoms with Crippen molar-refractivity contribution in [1.82, 2.24) is 20.0 Å². The first kappa shape index (κ1) is 20.3. The Morgan fingerprint density at radius 1 is 0.969 bits per heavy atom. The summed E-state index contributed by atoms with van der Waals surface area (Å²) >= 11 is 0. The maximum atomic E-state index is 13.3. The Kier molecular flexibility index (Phi) is 5.16. The van der Waals surface area contributed by atoms with E-state index in [1.807, 2.05) is 35.2 Å². The summed E-state index contributed by atoms with van der Waals surface area (Å²) in [6.45, 7) is 3.44. The topological polar surface area (TPSA) is 71.5 Å². The molecular formula is C23H25FN6O2. The molecule has 2 aromatic carbocycles. The third-order valence-corrected chi connectivity index (χ3v) is 6.29. The quantitative estimate of drug-likeness (QED) is 0.793. The summed E-state index contributed by atoms with van der Waals surface area (Å²) in [4.78, 5) is 37.7. The molecule has 0 saturated carbocycles. The number of guanidine groups is 1. The van der Waals surface area contributed by atoms with Crippen molar-refractivity contribution >= 4 is 23.6 Å². The van der Waals surface area contributed by atoms with Gasteiger partial charge < -0.3 is 19.6 Å². The molecular weight excluding hydrogens is 411 g/mol. The van der Waals surface area contributed by atoms with Gasteiger partial charge in [-0.1, -0.05) is 30.3 Å². The molecule has 0 radical (unpaired) electrons. The predicted octanol–water partition coefficient (Wildman–Crippen LogP) is 1.70. The van der Waals surface area contributed by atoms with Gasteiger partial charge in [0, 0.05) is 45.5 Å². The Morgan fingerprint density at radius 2 is 1.62 bits per heavy atom. The molecule has 2 saturated heterocycles. The van der Waals surface area contributed by atoms with Gasteiger partial charge in [0.15, 0.2) is 18.2 Å². The number of rotatable bonds is 3. The lowest BCUT2D eigenvalue weighted by Crippen LogP contribution is -2.64. The molecule has 3 heterocycles. The number of carbonyl (C=O) groups excluding carboxylic acids is 2. The van der Waals surface area contributed by atoms with E-state index in [1.54, 1.807) is 19.2 Å². The van der Waals surface area contributed by atoms with Gasteiger partial charge >= 0.3 is 6.03 Å². The fraction of sp³-hybridized carbons (Fsp3) is 0.348. The fourth-order valence-corrected chi connectivity index (χ4v) is 4.54. The lowest BCUT2D eigenvalue weighted by atomic mass is 10.1. The summed E-state index contributed by atoms with van der Waals surface area (Å²) in [5.41, 5.74) is 2.05. The number of hydrogen-bond acceptors (Lipinski definition) is 6. The standard InChI is InChI=1S/C23H25FN6O2/c1-27-20-19(21(31)26-23(27)32)30(15-16-5-3-2-4-6-16)22(25-20)29-13-11-28(12-14-29)18-9-7-17(24)8-10-18/h2-10,19-20H,11-15H2,1H3,(H,26,31,32). The number of likely N-dealkylation sites (N-methyl/N-ethyl adjacent to an activating group) is 1. The van der Waals surface area contributed by atoms with Crippen molar-refractivity contribution in [2.75, 3.05) is 38.1 Å². The Bertz CT molecular complexity index is 1040. The highest BCUT2D eigenvalue weighted by Gasteiger charge is 2.49. The predicted molar refractivity (Wildman–Crippen MR) is 118 cm³/mol. The number of halogens is 1. The van der Waals surface area contributed by atoms with E-state index in [9.17, 15) is 14.0 Å². The Morgan fingerprint density at radius 3 is 2.31 bits per heavy atom. The van der Waals surface area contributed by atoms with E-state index in [2.05, 4.69) is 15.1 Å². The fourth-order valence-electron chi connectivity index (χ4n) is 4.54. The van der Waals surface area contributed by atoms with Gasteiger partial charge in [-0.2, -0.15) is 0 Å². The molecule has 9 heteroatoms. The SMILES string of the molecule is CN1C(=O)NC(=O)C2C1N=C(N1CCN(c3ccc(F)cc3)CC1)N2Cc1ccccc1. The Labute approximate surface area is 185 Å². The second-order valence-corrected chi connectivity index (χ2v) is 8.26. The number of piperazine rings is 1. The minimum atomic E-state index is -0.567. The minimum absolute atomic E-state index is 0.246. The van der Waals surface area contributed by atoms with E-state index < -0.39 is 18.2 Å². The van der Waals surface area contributed by atoms with Crippen LogP contribution in [0.4, 0.5) is 14.9 Å². The second-order valence-electron chi connectivity index (χ2n) is 8.26. The molecule has 3 aliphatic rings. The zero-order chi connectivity index (χ0) is 22.2. The van der Waals surface area contributed by atoms with Crippen LogP contribution in [-0.4, -0.2) is 78.0 Å². The van der Waals surface area contributed by atoms with Crippen LogP contribution in [0.1, 0.15) is 5.56 Å². The normalized spacial score (nSPS) is 23.2. The number of urea groups is 1. The molecule has 2 atom stereocenters. The number of hydrogen-bond donors (Lipinski definition) is 1. The van der Waals surface area contributed by atoms with Crippen molar-refractivity contribution < 1.29 is 14.0 Å². The molecule has 3 aliphatic heterocycles. The van der Waals surface area contributed by atoms with Gasteiger partial charge in [-0.25, -0.2) is 14.2 Å². The van der Waals surface area contributed by atoms with E-state index >= 15 is 0 Å². The summed E-state index contributed by atoms with van der Waals surface area (Å²) in [5.74, 6) is 0.167. The molecule has 1 N–H and O–H groups in total. The zero-order valence-corrected chi connectivity index (χ0v) is 17.8. The summed E-state index contributed by atoms with van der Waals surface area (Å²) in [5, 5.41) is 2.45. The van der Waals surface area contributed by atoms with Gasteiger partial charge in [0.25, 0.3) is 5.91 Å². The van der Waals surface area contributed by atoms with E-state index in [0.717, 1.165) is 30.3 Å². The van der Waals surface area contributed by atoms with Gasteiger partial charge in [-0.05, 0) is 29.8 Å². The average Bonchev–Trinajstić information content (AvgIpc) is 3.19. The lowest BCUT2D eigenvalue weighted by molar-refractivity contribution is -0.127. The number of anilines is 1. The van der Waals surface area contributed by atoms with Crippen LogP contribution in [0.2, 0.25) is 0 Å². The average molecular weight is 436 g/mol. The minimum Gasteiger partial charge on any atom is -0.368 e. The van der Waals surface area contributed by atoms with Crippen LogP contribution >= 0.6 is 0 Å². The molecule has 5 rings (SSSR count). The monoisotopic (exact) mass is 436 g/mol. The van der Waals surface area contributed by atoms with Crippen LogP contribution in [0.5, 0.6) is 0 Å². The van der Waals surface area contributed by atoms with Crippen LogP contribution in [0, 0.1) is 5.82 Å². The molecule has 0 bridgehead atoms. The number of nitrogens with zero attached hydrogens (tertiary/aromatic N) is 5. The summed E-state index contributed by atoms with van der Waals surface area (Å²) < 4.78 is 13.3. The van der Waals surface area contributed by atoms with Crippen molar-refractivity contribution in [2.24, 2.45) is 4.99 Å².